The first-order valence-corrected chi connectivity index (χ1v) is 7.91. The van der Waals surface area contributed by atoms with Gasteiger partial charge in [-0.05, 0) is 49.9 Å². The van der Waals surface area contributed by atoms with E-state index in [0.717, 1.165) is 12.8 Å². The number of hydrogen-bond acceptors (Lipinski definition) is 2. The van der Waals surface area contributed by atoms with Gasteiger partial charge in [-0.1, -0.05) is 47.8 Å². The van der Waals surface area contributed by atoms with Crippen LogP contribution in [0.25, 0.3) is 0 Å². The van der Waals surface area contributed by atoms with Crippen molar-refractivity contribution >= 4 is 23.5 Å². The van der Waals surface area contributed by atoms with Crippen molar-refractivity contribution < 1.29 is 0 Å². The normalized spacial score (nSPS) is 21.7. The Balaban J connectivity index is 2.04. The summed E-state index contributed by atoms with van der Waals surface area (Å²) >= 11 is 3.81. The lowest BCUT2D eigenvalue weighted by Crippen LogP contribution is -1.94. The van der Waals surface area contributed by atoms with Crippen molar-refractivity contribution in [3.05, 3.63) is 57.4 Å². The van der Waals surface area contributed by atoms with Gasteiger partial charge in [-0.3, -0.25) is 0 Å². The minimum absolute atomic E-state index is 1.15. The zero-order valence-corrected chi connectivity index (χ0v) is 12.3. The molecule has 92 valence electrons. The van der Waals surface area contributed by atoms with E-state index in [-0.39, 0.29) is 0 Å². The molecular weight excluding hydrogens is 256 g/mol. The van der Waals surface area contributed by atoms with Gasteiger partial charge in [0.05, 0.1) is 0 Å². The number of aryl methyl sites for hydroxylation is 2. The van der Waals surface area contributed by atoms with Crippen LogP contribution in [0.3, 0.4) is 0 Å². The zero-order chi connectivity index (χ0) is 12.5. The van der Waals surface area contributed by atoms with Gasteiger partial charge in [0.25, 0.3) is 0 Å². The molecule has 1 aromatic rings. The second-order valence-electron chi connectivity index (χ2n) is 4.70. The second-order valence-corrected chi connectivity index (χ2v) is 6.87. The molecule has 0 atom stereocenters. The monoisotopic (exact) mass is 272 g/mol. The highest BCUT2D eigenvalue weighted by molar-refractivity contribution is 8.09. The molecule has 1 aliphatic carbocycles. The van der Waals surface area contributed by atoms with Gasteiger partial charge >= 0.3 is 0 Å². The summed E-state index contributed by atoms with van der Waals surface area (Å²) in [5, 5.41) is 0. The summed E-state index contributed by atoms with van der Waals surface area (Å²) in [7, 11) is 0. The molecule has 18 heavy (non-hydrogen) atoms. The summed E-state index contributed by atoms with van der Waals surface area (Å²) in [6, 6.07) is 4.64. The van der Waals surface area contributed by atoms with E-state index in [4.69, 9.17) is 0 Å². The smallest absolute Gasteiger partial charge is 0.0265 e. The maximum atomic E-state index is 2.32. The lowest BCUT2D eigenvalue weighted by Gasteiger charge is -2.20. The molecule has 0 saturated carbocycles. The summed E-state index contributed by atoms with van der Waals surface area (Å²) in [6.07, 6.45) is 11.5. The van der Waals surface area contributed by atoms with Gasteiger partial charge in [0.1, 0.15) is 0 Å². The van der Waals surface area contributed by atoms with Gasteiger partial charge in [-0.15, -0.1) is 0 Å². The number of benzene rings is 1. The molecule has 2 heteroatoms. The maximum absolute atomic E-state index is 2.32. The zero-order valence-electron chi connectivity index (χ0n) is 10.7. The van der Waals surface area contributed by atoms with Crippen molar-refractivity contribution in [3.8, 4) is 0 Å². The Morgan fingerprint density at radius 2 is 1.22 bits per heavy atom. The number of fused-ring (bicyclic) bond motifs is 1. The van der Waals surface area contributed by atoms with Crippen LogP contribution >= 0.6 is 23.5 Å². The van der Waals surface area contributed by atoms with Gasteiger partial charge < -0.3 is 0 Å². The van der Waals surface area contributed by atoms with Gasteiger partial charge in [0, 0.05) is 19.6 Å². The van der Waals surface area contributed by atoms with Crippen molar-refractivity contribution in [2.24, 2.45) is 0 Å². The van der Waals surface area contributed by atoms with Crippen LogP contribution in [0.1, 0.15) is 24.0 Å². The third-order valence-electron chi connectivity index (χ3n) is 3.28. The van der Waals surface area contributed by atoms with E-state index < -0.39 is 0 Å². The molecule has 1 heterocycles. The molecule has 1 aromatic carbocycles. The highest BCUT2D eigenvalue weighted by Gasteiger charge is 2.18. The summed E-state index contributed by atoms with van der Waals surface area (Å²) in [5.74, 6) is 0. The Labute approximate surface area is 117 Å². The molecule has 0 spiro atoms. The van der Waals surface area contributed by atoms with Gasteiger partial charge in [-0.2, -0.15) is 0 Å². The molecule has 0 saturated heterocycles. The average molecular weight is 272 g/mol. The predicted octanol–water partition coefficient (Wildman–Crippen LogP) is 5.62. The van der Waals surface area contributed by atoms with Crippen LogP contribution in [0.15, 0.2) is 56.0 Å². The molecule has 0 nitrogen and oxygen atoms in total. The van der Waals surface area contributed by atoms with Crippen molar-refractivity contribution in [1.82, 2.24) is 0 Å². The quantitative estimate of drug-likeness (QED) is 0.601. The standard InChI is InChI=1S/C16H16S2/c1-11-9-15-16(10-12(11)2)18-14-8-6-4-3-5-7-13(14)17-15/h5-10H,3-4H2,1-2H3/b7-5-,8-6-. The number of hydrogen-bond donors (Lipinski definition) is 0. The largest absolute Gasteiger partial charge is 0.0877 e. The molecule has 0 fully saturated rings. The van der Waals surface area contributed by atoms with Gasteiger partial charge in [0.2, 0.25) is 0 Å². The molecule has 0 aromatic heterocycles. The minimum atomic E-state index is 1.15. The van der Waals surface area contributed by atoms with Crippen molar-refractivity contribution in [1.29, 1.82) is 0 Å². The molecule has 0 amide bonds. The maximum Gasteiger partial charge on any atom is 0.0265 e. The van der Waals surface area contributed by atoms with Crippen molar-refractivity contribution in [2.75, 3.05) is 0 Å². The Hall–Kier alpha value is -0.860. The van der Waals surface area contributed by atoms with E-state index in [1.54, 1.807) is 0 Å². The molecule has 0 unspecified atom stereocenters. The molecule has 3 rings (SSSR count). The van der Waals surface area contributed by atoms with E-state index in [0.29, 0.717) is 0 Å². The van der Waals surface area contributed by atoms with Crippen LogP contribution in [0, 0.1) is 13.8 Å². The fourth-order valence-electron chi connectivity index (χ4n) is 2.07. The topological polar surface area (TPSA) is 0 Å². The Morgan fingerprint density at radius 1 is 0.778 bits per heavy atom. The van der Waals surface area contributed by atoms with Crippen LogP contribution in [-0.4, -0.2) is 0 Å². The molecule has 0 bridgehead atoms. The van der Waals surface area contributed by atoms with Crippen molar-refractivity contribution in [2.45, 2.75) is 36.5 Å². The van der Waals surface area contributed by atoms with E-state index in [9.17, 15) is 0 Å². The highest BCUT2D eigenvalue weighted by Crippen LogP contribution is 2.48. The molecular formula is C16H16S2. The number of thioether (sulfide) groups is 2. The van der Waals surface area contributed by atoms with Crippen LogP contribution in [-0.2, 0) is 0 Å². The molecule has 0 N–H and O–H groups in total. The molecule has 0 radical (unpaired) electrons. The summed E-state index contributed by atoms with van der Waals surface area (Å²) < 4.78 is 0. The third kappa shape index (κ3) is 2.32. The summed E-state index contributed by atoms with van der Waals surface area (Å²) in [5.41, 5.74) is 2.77. The van der Waals surface area contributed by atoms with Crippen LogP contribution in [0.5, 0.6) is 0 Å². The van der Waals surface area contributed by atoms with E-state index >= 15 is 0 Å². The van der Waals surface area contributed by atoms with E-state index in [1.807, 2.05) is 23.5 Å². The first-order chi connectivity index (χ1) is 8.74. The second kappa shape index (κ2) is 5.02. The molecule has 1 aliphatic heterocycles. The van der Waals surface area contributed by atoms with Crippen LogP contribution in [0.4, 0.5) is 0 Å². The van der Waals surface area contributed by atoms with Crippen molar-refractivity contribution in [3.63, 3.8) is 0 Å². The molecule has 2 aliphatic rings. The van der Waals surface area contributed by atoms with E-state index in [2.05, 4.69) is 50.3 Å². The van der Waals surface area contributed by atoms with Crippen LogP contribution in [0.2, 0.25) is 0 Å². The summed E-state index contributed by atoms with van der Waals surface area (Å²) in [4.78, 5) is 5.60. The number of allylic oxidation sites excluding steroid dienone is 4. The van der Waals surface area contributed by atoms with Crippen LogP contribution < -0.4 is 0 Å². The highest BCUT2D eigenvalue weighted by atomic mass is 32.2. The fraction of sp³-hybridized carbons (Fsp3) is 0.250. The van der Waals surface area contributed by atoms with E-state index in [1.165, 1.54) is 30.7 Å². The first kappa shape index (κ1) is 12.2. The minimum Gasteiger partial charge on any atom is -0.0877 e. The third-order valence-corrected chi connectivity index (χ3v) is 5.81. The Morgan fingerprint density at radius 3 is 1.67 bits per heavy atom. The fourth-order valence-corrected chi connectivity index (χ4v) is 4.50. The predicted molar refractivity (Wildman–Crippen MR) is 82.2 cm³/mol. The lowest BCUT2D eigenvalue weighted by molar-refractivity contribution is 1.05. The first-order valence-electron chi connectivity index (χ1n) is 6.28. The lowest BCUT2D eigenvalue weighted by atomic mass is 10.1. The number of rotatable bonds is 0. The summed E-state index contributed by atoms with van der Waals surface area (Å²) in [6.45, 7) is 4.39. The van der Waals surface area contributed by atoms with Gasteiger partial charge in [-0.25, -0.2) is 0 Å². The average Bonchev–Trinajstić information content (AvgIpc) is 2.32. The SMILES string of the molecule is Cc1cc2c(cc1C)SC1=C(/C=C\CC/C=C\1)S2. The van der Waals surface area contributed by atoms with Gasteiger partial charge in [0.15, 0.2) is 0 Å². The Kier molecular flexibility index (Phi) is 3.40. The Bertz CT molecular complexity index is 526.